The van der Waals surface area contributed by atoms with E-state index < -0.39 is 0 Å². The first kappa shape index (κ1) is 5.97. The summed E-state index contributed by atoms with van der Waals surface area (Å²) in [6.45, 7) is 1.87. The Morgan fingerprint density at radius 1 is 1.83 bits per heavy atom. The molecule has 3 heteroatoms. The van der Waals surface area contributed by atoms with Crippen LogP contribution in [0.25, 0.3) is 0 Å². The van der Waals surface area contributed by atoms with Crippen LogP contribution in [0.5, 0.6) is 0 Å². The number of hydrogen-bond acceptors (Lipinski definition) is 1. The van der Waals surface area contributed by atoms with E-state index in [-0.39, 0.29) is 0 Å². The van der Waals surface area contributed by atoms with Crippen molar-refractivity contribution in [3.8, 4) is 0 Å². The minimum absolute atomic E-state index is 0.949. The van der Waals surface area contributed by atoms with E-state index in [1.807, 2.05) is 6.92 Å². The van der Waals surface area contributed by atoms with Crippen LogP contribution >= 0.6 is 0 Å². The Kier molecular flexibility index (Phi) is 3.16. The van der Waals surface area contributed by atoms with E-state index in [4.69, 9.17) is 0 Å². The van der Waals surface area contributed by atoms with Crippen molar-refractivity contribution in [1.29, 1.82) is 0 Å². The van der Waals surface area contributed by atoms with E-state index in [9.17, 15) is 0 Å². The molecule has 0 aliphatic carbocycles. The summed E-state index contributed by atoms with van der Waals surface area (Å²) < 4.78 is 4.40. The largest absolute Gasteiger partial charge is 0.546 e. The number of allylic oxidation sites excluding steroid dienone is 1. The zero-order valence-corrected chi connectivity index (χ0v) is 5.49. The van der Waals surface area contributed by atoms with Crippen molar-refractivity contribution >= 4 is 20.7 Å². The summed E-state index contributed by atoms with van der Waals surface area (Å²) in [7, 11) is 5.97. The van der Waals surface area contributed by atoms with Gasteiger partial charge in [0.05, 0.1) is 16.5 Å². The molecule has 0 aromatic heterocycles. The fourth-order valence-corrected chi connectivity index (χ4v) is 0.442. The molecule has 0 aromatic carbocycles. The molecule has 0 aromatic rings. The molecule has 0 N–H and O–H groups in total. The van der Waals surface area contributed by atoms with E-state index in [0.29, 0.717) is 0 Å². The van der Waals surface area contributed by atoms with Gasteiger partial charge in [0.1, 0.15) is 0 Å². The highest BCUT2D eigenvalue weighted by Crippen LogP contribution is 1.78. The summed E-state index contributed by atoms with van der Waals surface area (Å²) in [5, 5.41) is 0.949. The summed E-state index contributed by atoms with van der Waals surface area (Å²) in [6, 6.07) is 0. The topological polar surface area (TPSA) is 9.23 Å². The summed E-state index contributed by atoms with van der Waals surface area (Å²) >= 11 is 0. The lowest BCUT2D eigenvalue weighted by Gasteiger charge is -1.84. The highest BCUT2D eigenvalue weighted by Gasteiger charge is 1.68. The van der Waals surface area contributed by atoms with Crippen molar-refractivity contribution < 1.29 is 4.43 Å². The van der Waals surface area contributed by atoms with Crippen molar-refractivity contribution in [2.24, 2.45) is 0 Å². The second kappa shape index (κ2) is 3.17. The smallest absolute Gasteiger partial charge is 0.340 e. The minimum atomic E-state index is 0.949. The highest BCUT2D eigenvalue weighted by atomic mass is 28.2. The molecule has 0 unspecified atom stereocenters. The molecular formula is C3H4OSi2. The van der Waals surface area contributed by atoms with Gasteiger partial charge in [-0.25, -0.2) is 0 Å². The van der Waals surface area contributed by atoms with Crippen LogP contribution in [-0.2, 0) is 4.43 Å². The molecular weight excluding hydrogens is 108 g/mol. The van der Waals surface area contributed by atoms with Gasteiger partial charge in [-0.3, -0.25) is 0 Å². The predicted molar refractivity (Wildman–Crippen MR) is 26.3 cm³/mol. The molecule has 0 spiro atoms. The maximum atomic E-state index is 4.40. The van der Waals surface area contributed by atoms with Crippen LogP contribution in [-0.4, -0.2) is 20.7 Å². The van der Waals surface area contributed by atoms with Gasteiger partial charge < -0.3 is 4.43 Å². The Hall–Kier alpha value is -0.0262. The molecule has 0 heterocycles. The Labute approximate surface area is 44.4 Å². The molecule has 30 valence electrons. The third-order valence-electron chi connectivity index (χ3n) is 0.236. The SMILES string of the molecule is C/C([Si])=C\O[Si]. The van der Waals surface area contributed by atoms with Gasteiger partial charge >= 0.3 is 10.5 Å². The lowest BCUT2D eigenvalue weighted by Crippen LogP contribution is -1.73. The van der Waals surface area contributed by atoms with Crippen molar-refractivity contribution in [2.75, 3.05) is 0 Å². The minimum Gasteiger partial charge on any atom is -0.546 e. The Bertz CT molecular complexity index is 55.8. The van der Waals surface area contributed by atoms with Crippen molar-refractivity contribution in [2.45, 2.75) is 6.92 Å². The molecule has 0 aliphatic heterocycles. The number of hydrogen-bond donors (Lipinski definition) is 0. The molecule has 1 nitrogen and oxygen atoms in total. The zero-order valence-electron chi connectivity index (χ0n) is 3.49. The van der Waals surface area contributed by atoms with Gasteiger partial charge in [-0.15, -0.1) is 0 Å². The quantitative estimate of drug-likeness (QED) is 0.346. The van der Waals surface area contributed by atoms with Gasteiger partial charge in [0.2, 0.25) is 0 Å². The Morgan fingerprint density at radius 3 is 2.33 bits per heavy atom. The highest BCUT2D eigenvalue weighted by molar-refractivity contribution is 6.21. The maximum absolute atomic E-state index is 4.40. The predicted octanol–water partition coefficient (Wildman–Crippen LogP) is 0.116. The monoisotopic (exact) mass is 112 g/mol. The molecule has 6 heavy (non-hydrogen) atoms. The molecule has 6 radical (unpaired) electrons. The van der Waals surface area contributed by atoms with Gasteiger partial charge in [0.25, 0.3) is 0 Å². The zero-order chi connectivity index (χ0) is 4.99. The van der Waals surface area contributed by atoms with E-state index in [0.717, 1.165) is 5.20 Å². The third kappa shape index (κ3) is 3.97. The first-order valence-electron chi connectivity index (χ1n) is 1.48. The molecule has 0 fully saturated rings. The van der Waals surface area contributed by atoms with Crippen LogP contribution in [0.2, 0.25) is 0 Å². The van der Waals surface area contributed by atoms with E-state index in [1.165, 1.54) is 6.26 Å². The van der Waals surface area contributed by atoms with Gasteiger partial charge in [0.15, 0.2) is 0 Å². The lowest BCUT2D eigenvalue weighted by molar-refractivity contribution is 0.532. The van der Waals surface area contributed by atoms with Crippen molar-refractivity contribution in [1.82, 2.24) is 0 Å². The van der Waals surface area contributed by atoms with E-state index in [1.54, 1.807) is 0 Å². The molecule has 0 saturated carbocycles. The average molecular weight is 112 g/mol. The second-order valence-corrected chi connectivity index (χ2v) is 1.94. The van der Waals surface area contributed by atoms with Crippen LogP contribution in [0.1, 0.15) is 6.92 Å². The summed E-state index contributed by atoms with van der Waals surface area (Å²) in [5.74, 6) is 0. The normalized spacial score (nSPS) is 11.5. The second-order valence-electron chi connectivity index (χ2n) is 0.919. The fraction of sp³-hybridized carbons (Fsp3) is 0.333. The Balaban J connectivity index is 3.14. The van der Waals surface area contributed by atoms with Crippen LogP contribution in [0.4, 0.5) is 0 Å². The molecule has 0 saturated heterocycles. The maximum Gasteiger partial charge on any atom is 0.340 e. The standard InChI is InChI=1S/C3H4OSi2/c1-3(5)2-4-6/h2H,1H3/b3-2+. The van der Waals surface area contributed by atoms with Crippen LogP contribution in [0.3, 0.4) is 0 Å². The summed E-state index contributed by atoms with van der Waals surface area (Å²) in [4.78, 5) is 0. The van der Waals surface area contributed by atoms with Gasteiger partial charge in [-0.2, -0.15) is 0 Å². The molecule has 0 atom stereocenters. The van der Waals surface area contributed by atoms with Gasteiger partial charge in [0, 0.05) is 0 Å². The first-order chi connectivity index (χ1) is 2.77. The average Bonchev–Trinajstić information content (AvgIpc) is 1.35. The summed E-state index contributed by atoms with van der Waals surface area (Å²) in [6.07, 6.45) is 1.54. The molecule has 0 bridgehead atoms. The fourth-order valence-electron chi connectivity index (χ4n) is 0.0884. The Morgan fingerprint density at radius 2 is 2.33 bits per heavy atom. The number of rotatable bonds is 1. The molecule has 0 amide bonds. The van der Waals surface area contributed by atoms with Gasteiger partial charge in [-0.1, -0.05) is 5.20 Å². The van der Waals surface area contributed by atoms with E-state index >= 15 is 0 Å². The van der Waals surface area contributed by atoms with Crippen molar-refractivity contribution in [3.63, 3.8) is 0 Å². The lowest BCUT2D eigenvalue weighted by atomic mass is 10.7. The van der Waals surface area contributed by atoms with E-state index in [2.05, 4.69) is 25.2 Å². The third-order valence-corrected chi connectivity index (χ3v) is 0.471. The summed E-state index contributed by atoms with van der Waals surface area (Å²) in [5.41, 5.74) is 0. The van der Waals surface area contributed by atoms with Gasteiger partial charge in [-0.05, 0) is 6.92 Å². The van der Waals surface area contributed by atoms with Crippen LogP contribution < -0.4 is 0 Å². The van der Waals surface area contributed by atoms with Crippen molar-refractivity contribution in [3.05, 3.63) is 11.5 Å². The van der Waals surface area contributed by atoms with Crippen LogP contribution in [0, 0.1) is 0 Å². The molecule has 0 aliphatic rings. The molecule has 0 rings (SSSR count). The first-order valence-corrected chi connectivity index (χ1v) is 2.39. The van der Waals surface area contributed by atoms with Crippen LogP contribution in [0.15, 0.2) is 11.5 Å².